The van der Waals surface area contributed by atoms with Gasteiger partial charge in [0.1, 0.15) is 0 Å². The van der Waals surface area contributed by atoms with Crippen LogP contribution in [0.25, 0.3) is 0 Å². The first-order valence-electron chi connectivity index (χ1n) is 15.3. The lowest BCUT2D eigenvalue weighted by Crippen LogP contribution is -2.37. The molecular formula is C30H56N2O5. The van der Waals surface area contributed by atoms with Crippen molar-refractivity contribution < 1.29 is 23.9 Å². The number of nitrogens with one attached hydrogen (secondary N) is 1. The largest absolute Gasteiger partial charge is 0.456 e. The molecular weight excluding hydrogens is 468 g/mol. The van der Waals surface area contributed by atoms with Crippen LogP contribution in [-0.2, 0) is 23.9 Å². The summed E-state index contributed by atoms with van der Waals surface area (Å²) >= 11 is 0. The summed E-state index contributed by atoms with van der Waals surface area (Å²) in [6, 6.07) is 0.226. The molecule has 1 fully saturated rings. The highest BCUT2D eigenvalue weighted by atomic mass is 16.5. The van der Waals surface area contributed by atoms with E-state index in [1.807, 2.05) is 4.90 Å². The van der Waals surface area contributed by atoms with E-state index in [0.29, 0.717) is 26.0 Å². The normalized spacial score (nSPS) is 15.2. The molecule has 2 amide bonds. The number of likely N-dealkylation sites (tertiary alicyclic amines) is 1. The zero-order valence-electron chi connectivity index (χ0n) is 24.0. The number of esters is 1. The number of methoxy groups -OCH3 is 1. The second-order valence-corrected chi connectivity index (χ2v) is 10.7. The van der Waals surface area contributed by atoms with Gasteiger partial charge in [0.15, 0.2) is 6.61 Å². The van der Waals surface area contributed by atoms with Crippen molar-refractivity contribution in [3.05, 3.63) is 0 Å². The highest BCUT2D eigenvalue weighted by molar-refractivity contribution is 5.80. The van der Waals surface area contributed by atoms with E-state index in [4.69, 9.17) is 9.47 Å². The summed E-state index contributed by atoms with van der Waals surface area (Å²) in [7, 11) is 1.68. The Morgan fingerprint density at radius 2 is 1.35 bits per heavy atom. The van der Waals surface area contributed by atoms with Crippen LogP contribution in [0.15, 0.2) is 0 Å². The van der Waals surface area contributed by atoms with Gasteiger partial charge >= 0.3 is 5.97 Å². The van der Waals surface area contributed by atoms with E-state index >= 15 is 0 Å². The molecule has 0 spiro atoms. The van der Waals surface area contributed by atoms with Crippen molar-refractivity contribution in [1.29, 1.82) is 0 Å². The Morgan fingerprint density at radius 1 is 0.784 bits per heavy atom. The van der Waals surface area contributed by atoms with Crippen molar-refractivity contribution in [2.24, 2.45) is 0 Å². The zero-order valence-corrected chi connectivity index (χ0v) is 24.0. The molecule has 216 valence electrons. The van der Waals surface area contributed by atoms with E-state index in [-0.39, 0.29) is 30.4 Å². The minimum atomic E-state index is -0.287. The molecule has 37 heavy (non-hydrogen) atoms. The topological polar surface area (TPSA) is 84.9 Å². The number of nitrogens with zero attached hydrogens (tertiary/aromatic N) is 1. The first kappa shape index (κ1) is 33.4. The van der Waals surface area contributed by atoms with Crippen molar-refractivity contribution >= 4 is 17.8 Å². The molecule has 0 radical (unpaired) electrons. The van der Waals surface area contributed by atoms with E-state index in [0.717, 1.165) is 51.5 Å². The van der Waals surface area contributed by atoms with Crippen molar-refractivity contribution in [3.63, 3.8) is 0 Å². The summed E-state index contributed by atoms with van der Waals surface area (Å²) in [4.78, 5) is 38.1. The third-order valence-electron chi connectivity index (χ3n) is 7.29. The molecule has 1 rings (SSSR count). The van der Waals surface area contributed by atoms with Gasteiger partial charge < -0.3 is 19.7 Å². The van der Waals surface area contributed by atoms with Crippen molar-refractivity contribution in [3.8, 4) is 0 Å². The van der Waals surface area contributed by atoms with E-state index in [9.17, 15) is 14.4 Å². The average molecular weight is 525 g/mol. The van der Waals surface area contributed by atoms with Gasteiger partial charge in [-0.05, 0) is 32.1 Å². The smallest absolute Gasteiger partial charge is 0.306 e. The van der Waals surface area contributed by atoms with Crippen molar-refractivity contribution in [2.45, 2.75) is 141 Å². The van der Waals surface area contributed by atoms with Crippen LogP contribution < -0.4 is 5.32 Å². The van der Waals surface area contributed by atoms with Crippen LogP contribution >= 0.6 is 0 Å². The van der Waals surface area contributed by atoms with Gasteiger partial charge in [-0.3, -0.25) is 14.4 Å². The fourth-order valence-corrected chi connectivity index (χ4v) is 5.04. The van der Waals surface area contributed by atoms with Gasteiger partial charge in [0, 0.05) is 33.0 Å². The third-order valence-corrected chi connectivity index (χ3v) is 7.29. The SMILES string of the molecule is CCCCCCCCCCCCCCCC(=O)OCC(=O)NCCCCCC(=O)N1CCC[C@H]1COC. The first-order chi connectivity index (χ1) is 18.1. The Hall–Kier alpha value is -1.63. The number of amides is 2. The van der Waals surface area contributed by atoms with Gasteiger partial charge in [-0.1, -0.05) is 90.4 Å². The van der Waals surface area contributed by atoms with Crippen LogP contribution in [0, 0.1) is 0 Å². The van der Waals surface area contributed by atoms with Gasteiger partial charge in [0.05, 0.1) is 12.6 Å². The van der Waals surface area contributed by atoms with Gasteiger partial charge in [-0.15, -0.1) is 0 Å². The second kappa shape index (κ2) is 23.5. The molecule has 1 atom stereocenters. The molecule has 0 bridgehead atoms. The summed E-state index contributed by atoms with van der Waals surface area (Å²) in [6.07, 6.45) is 22.0. The van der Waals surface area contributed by atoms with Crippen LogP contribution in [0.2, 0.25) is 0 Å². The lowest BCUT2D eigenvalue weighted by molar-refractivity contribution is -0.148. The van der Waals surface area contributed by atoms with Crippen LogP contribution in [0.1, 0.15) is 135 Å². The van der Waals surface area contributed by atoms with Crippen LogP contribution in [0.3, 0.4) is 0 Å². The lowest BCUT2D eigenvalue weighted by atomic mass is 10.0. The average Bonchev–Trinajstić information content (AvgIpc) is 3.36. The Bertz CT molecular complexity index is 599. The minimum Gasteiger partial charge on any atom is -0.456 e. The van der Waals surface area contributed by atoms with E-state index in [2.05, 4.69) is 12.2 Å². The summed E-state index contributed by atoms with van der Waals surface area (Å²) < 4.78 is 10.3. The van der Waals surface area contributed by atoms with Gasteiger partial charge in [-0.2, -0.15) is 0 Å². The quantitative estimate of drug-likeness (QED) is 0.118. The monoisotopic (exact) mass is 524 g/mol. The molecule has 0 aromatic heterocycles. The predicted molar refractivity (Wildman–Crippen MR) is 149 cm³/mol. The summed E-state index contributed by atoms with van der Waals surface area (Å²) in [5.41, 5.74) is 0. The molecule has 0 saturated carbocycles. The molecule has 0 unspecified atom stereocenters. The van der Waals surface area contributed by atoms with Crippen LogP contribution in [-0.4, -0.2) is 62.1 Å². The molecule has 0 aliphatic carbocycles. The maximum Gasteiger partial charge on any atom is 0.306 e. The molecule has 1 aliphatic heterocycles. The molecule has 7 heteroatoms. The Labute approximate surface area is 226 Å². The standard InChI is InChI=1S/C30H56N2O5/c1-3-4-5-6-7-8-9-10-11-12-13-14-17-22-30(35)37-26-28(33)31-23-18-15-16-21-29(34)32-24-19-20-27(32)25-36-2/h27H,3-26H2,1-2H3,(H,31,33)/t27-/m0/s1. The fourth-order valence-electron chi connectivity index (χ4n) is 5.04. The maximum atomic E-state index is 12.4. The molecule has 1 heterocycles. The minimum absolute atomic E-state index is 0.203. The number of rotatable bonds is 24. The Morgan fingerprint density at radius 3 is 1.97 bits per heavy atom. The van der Waals surface area contributed by atoms with E-state index in [1.165, 1.54) is 70.6 Å². The van der Waals surface area contributed by atoms with Gasteiger partial charge in [-0.25, -0.2) is 0 Å². The van der Waals surface area contributed by atoms with E-state index < -0.39 is 0 Å². The number of ether oxygens (including phenoxy) is 2. The third kappa shape index (κ3) is 18.3. The summed E-state index contributed by atoms with van der Waals surface area (Å²) in [6.45, 7) is 4.04. The molecule has 0 aromatic rings. The number of carbonyl (C=O) groups is 3. The van der Waals surface area contributed by atoms with Crippen LogP contribution in [0.4, 0.5) is 0 Å². The van der Waals surface area contributed by atoms with Crippen LogP contribution in [0.5, 0.6) is 0 Å². The number of hydrogen-bond donors (Lipinski definition) is 1. The molecule has 7 nitrogen and oxygen atoms in total. The molecule has 0 aromatic carbocycles. The Kier molecular flexibility index (Phi) is 21.2. The van der Waals surface area contributed by atoms with Gasteiger partial charge in [0.25, 0.3) is 5.91 Å². The second-order valence-electron chi connectivity index (χ2n) is 10.7. The van der Waals surface area contributed by atoms with Crippen molar-refractivity contribution in [2.75, 3.05) is 33.4 Å². The maximum absolute atomic E-state index is 12.4. The number of hydrogen-bond acceptors (Lipinski definition) is 5. The van der Waals surface area contributed by atoms with Crippen molar-refractivity contribution in [1.82, 2.24) is 10.2 Å². The highest BCUT2D eigenvalue weighted by Crippen LogP contribution is 2.19. The first-order valence-corrected chi connectivity index (χ1v) is 15.3. The van der Waals surface area contributed by atoms with Gasteiger partial charge in [0.2, 0.25) is 5.91 Å². The summed E-state index contributed by atoms with van der Waals surface area (Å²) in [5, 5.41) is 2.79. The van der Waals surface area contributed by atoms with E-state index in [1.54, 1.807) is 7.11 Å². The Balaban J connectivity index is 1.87. The molecule has 1 aliphatic rings. The summed E-state index contributed by atoms with van der Waals surface area (Å²) in [5.74, 6) is -0.335. The molecule has 1 saturated heterocycles. The number of unbranched alkanes of at least 4 members (excludes halogenated alkanes) is 14. The number of carbonyl (C=O) groups excluding carboxylic acids is 3. The highest BCUT2D eigenvalue weighted by Gasteiger charge is 2.27. The molecule has 1 N–H and O–H groups in total. The predicted octanol–water partition coefficient (Wildman–Crippen LogP) is 6.32. The fraction of sp³-hybridized carbons (Fsp3) is 0.900. The zero-order chi connectivity index (χ0) is 27.0. The lowest BCUT2D eigenvalue weighted by Gasteiger charge is -2.24.